The van der Waals surface area contributed by atoms with E-state index in [9.17, 15) is 18.4 Å². The van der Waals surface area contributed by atoms with Gasteiger partial charge in [-0.05, 0) is 43.7 Å². The van der Waals surface area contributed by atoms with Crippen LogP contribution in [0.5, 0.6) is 0 Å². The number of nitrogens with one attached hydrogen (secondary N) is 2. The van der Waals surface area contributed by atoms with Crippen LogP contribution < -0.4 is 22.1 Å². The molecule has 184 valence electrons. The number of primary amides is 1. The highest BCUT2D eigenvalue weighted by Gasteiger charge is 2.23. The molecule has 0 aliphatic rings. The SMILES string of the molecule is CC(F)(F)CNC(=O)Nc1cccc(-c2cnc3cc(C(C=NC(C)(C)C(N)=O)=CN)ccn23)c1. The van der Waals surface area contributed by atoms with Gasteiger partial charge in [0.25, 0.3) is 5.92 Å². The number of alkyl halides is 2. The quantitative estimate of drug-likeness (QED) is 0.365. The molecule has 0 saturated carbocycles. The summed E-state index contributed by atoms with van der Waals surface area (Å²) in [7, 11) is 0. The van der Waals surface area contributed by atoms with Crippen LogP contribution in [0, 0.1) is 0 Å². The number of hydrogen-bond donors (Lipinski definition) is 4. The Bertz CT molecular complexity index is 1310. The fourth-order valence-electron chi connectivity index (χ4n) is 3.05. The van der Waals surface area contributed by atoms with E-state index in [4.69, 9.17) is 11.5 Å². The second-order valence-corrected chi connectivity index (χ2v) is 8.55. The largest absolute Gasteiger partial charge is 0.404 e. The van der Waals surface area contributed by atoms with Crippen molar-refractivity contribution in [2.24, 2.45) is 16.5 Å². The van der Waals surface area contributed by atoms with E-state index < -0.39 is 29.9 Å². The Hall–Kier alpha value is -4.28. The van der Waals surface area contributed by atoms with Crippen molar-refractivity contribution in [3.05, 3.63) is 60.6 Å². The number of aromatic nitrogens is 2. The van der Waals surface area contributed by atoms with Gasteiger partial charge in [-0.2, -0.15) is 0 Å². The molecule has 0 aliphatic heterocycles. The number of amides is 3. The molecule has 3 amide bonds. The predicted octanol–water partition coefficient (Wildman–Crippen LogP) is 3.41. The maximum atomic E-state index is 13.0. The molecule has 9 nitrogen and oxygen atoms in total. The number of pyridine rings is 1. The van der Waals surface area contributed by atoms with Gasteiger partial charge in [-0.25, -0.2) is 18.6 Å². The van der Waals surface area contributed by atoms with E-state index in [2.05, 4.69) is 20.6 Å². The van der Waals surface area contributed by atoms with Crippen molar-refractivity contribution in [1.29, 1.82) is 0 Å². The molecule has 3 rings (SSSR count). The van der Waals surface area contributed by atoms with Crippen LogP contribution in [-0.4, -0.2) is 45.5 Å². The number of benzene rings is 1. The van der Waals surface area contributed by atoms with Gasteiger partial charge in [0, 0.05) is 42.4 Å². The third-order valence-corrected chi connectivity index (χ3v) is 5.13. The normalized spacial score (nSPS) is 12.8. The maximum Gasteiger partial charge on any atom is 0.319 e. The monoisotopic (exact) mass is 483 g/mol. The number of carbonyl (C=O) groups excluding carboxylic acids is 2. The Morgan fingerprint density at radius 2 is 1.94 bits per heavy atom. The smallest absolute Gasteiger partial charge is 0.319 e. The fraction of sp³-hybridized carbons (Fsp3) is 0.250. The standard InChI is InChI=1S/C24H27F2N7O2/c1-23(2,21(28)34)31-12-17(11-27)15-7-8-33-19(13-29-20(33)10-15)16-5-4-6-18(9-16)32-22(35)30-14-24(3,25)26/h4-13H,14,27H2,1-3H3,(H2,28,34)(H2,30,32,35). The molecule has 0 aliphatic carbocycles. The van der Waals surface area contributed by atoms with Crippen LogP contribution >= 0.6 is 0 Å². The van der Waals surface area contributed by atoms with E-state index >= 15 is 0 Å². The van der Waals surface area contributed by atoms with Crippen LogP contribution in [-0.2, 0) is 4.79 Å². The Kier molecular flexibility index (Phi) is 7.18. The molecule has 6 N–H and O–H groups in total. The maximum absolute atomic E-state index is 13.0. The van der Waals surface area contributed by atoms with Crippen LogP contribution in [0.1, 0.15) is 26.3 Å². The number of halogens is 2. The average Bonchev–Trinajstić information content (AvgIpc) is 3.21. The van der Waals surface area contributed by atoms with Crippen molar-refractivity contribution in [1.82, 2.24) is 14.7 Å². The van der Waals surface area contributed by atoms with E-state index in [1.165, 1.54) is 12.4 Å². The minimum absolute atomic E-state index is 0.438. The zero-order valence-corrected chi connectivity index (χ0v) is 19.5. The lowest BCUT2D eigenvalue weighted by Gasteiger charge is -2.14. The summed E-state index contributed by atoms with van der Waals surface area (Å²) in [6.45, 7) is 3.18. The number of aliphatic imine (C=N–C) groups is 1. The summed E-state index contributed by atoms with van der Waals surface area (Å²) < 4.78 is 27.8. The molecule has 0 saturated heterocycles. The number of allylic oxidation sites excluding steroid dienone is 1. The van der Waals surface area contributed by atoms with Gasteiger partial charge in [0.05, 0.1) is 18.4 Å². The molecule has 0 radical (unpaired) electrons. The first-order valence-corrected chi connectivity index (χ1v) is 10.7. The van der Waals surface area contributed by atoms with Crippen LogP contribution in [0.2, 0.25) is 0 Å². The molecule has 0 unspecified atom stereocenters. The van der Waals surface area contributed by atoms with Crippen molar-refractivity contribution >= 4 is 35.1 Å². The third-order valence-electron chi connectivity index (χ3n) is 5.13. The number of rotatable bonds is 8. The van der Waals surface area contributed by atoms with Gasteiger partial charge < -0.3 is 22.1 Å². The topological polar surface area (TPSA) is 140 Å². The summed E-state index contributed by atoms with van der Waals surface area (Å²) in [5.74, 6) is -3.56. The van der Waals surface area contributed by atoms with Gasteiger partial charge in [0.2, 0.25) is 5.91 Å². The molecule has 2 aromatic heterocycles. The van der Waals surface area contributed by atoms with Gasteiger partial charge in [0.15, 0.2) is 0 Å². The Morgan fingerprint density at radius 3 is 2.60 bits per heavy atom. The molecule has 2 heterocycles. The zero-order valence-electron chi connectivity index (χ0n) is 19.5. The summed E-state index contributed by atoms with van der Waals surface area (Å²) >= 11 is 0. The predicted molar refractivity (Wildman–Crippen MR) is 132 cm³/mol. The highest BCUT2D eigenvalue weighted by Crippen LogP contribution is 2.25. The number of imidazole rings is 1. The molecular weight excluding hydrogens is 456 g/mol. The second-order valence-electron chi connectivity index (χ2n) is 8.55. The minimum atomic E-state index is -3.00. The van der Waals surface area contributed by atoms with Gasteiger partial charge in [0.1, 0.15) is 11.2 Å². The lowest BCUT2D eigenvalue weighted by Crippen LogP contribution is -2.37. The molecule has 3 aromatic rings. The number of urea groups is 1. The number of nitrogens with zero attached hydrogens (tertiary/aromatic N) is 3. The Morgan fingerprint density at radius 1 is 1.20 bits per heavy atom. The summed E-state index contributed by atoms with van der Waals surface area (Å²) in [4.78, 5) is 32.1. The summed E-state index contributed by atoms with van der Waals surface area (Å²) in [5.41, 5.74) is 13.9. The number of anilines is 1. The van der Waals surface area contributed by atoms with Crippen molar-refractivity contribution in [3.63, 3.8) is 0 Å². The van der Waals surface area contributed by atoms with Gasteiger partial charge in [-0.15, -0.1) is 0 Å². The first-order chi connectivity index (χ1) is 16.4. The molecule has 0 fully saturated rings. The summed E-state index contributed by atoms with van der Waals surface area (Å²) in [5, 5.41) is 4.68. The average molecular weight is 484 g/mol. The van der Waals surface area contributed by atoms with Crippen LogP contribution in [0.15, 0.2) is 60.0 Å². The summed E-state index contributed by atoms with van der Waals surface area (Å²) in [6, 6.07) is 9.84. The molecule has 0 bridgehead atoms. The van der Waals surface area contributed by atoms with E-state index in [0.29, 0.717) is 16.9 Å². The number of hydrogen-bond acceptors (Lipinski definition) is 5. The van der Waals surface area contributed by atoms with Crippen molar-refractivity contribution < 1.29 is 18.4 Å². The number of carbonyl (C=O) groups is 2. The Labute approximate surface area is 200 Å². The lowest BCUT2D eigenvalue weighted by atomic mass is 10.1. The molecular formula is C24H27F2N7O2. The summed E-state index contributed by atoms with van der Waals surface area (Å²) in [6.07, 6.45) is 6.35. The van der Waals surface area contributed by atoms with E-state index in [1.807, 2.05) is 22.6 Å². The first kappa shape index (κ1) is 25.3. The van der Waals surface area contributed by atoms with Crippen LogP contribution in [0.25, 0.3) is 22.5 Å². The van der Waals surface area contributed by atoms with Gasteiger partial charge in [-0.3, -0.25) is 14.2 Å². The third kappa shape index (κ3) is 6.40. The second kappa shape index (κ2) is 9.92. The van der Waals surface area contributed by atoms with E-state index in [1.54, 1.807) is 44.4 Å². The van der Waals surface area contributed by atoms with Crippen LogP contribution in [0.3, 0.4) is 0 Å². The Balaban J connectivity index is 1.83. The lowest BCUT2D eigenvalue weighted by molar-refractivity contribution is -0.121. The van der Waals surface area contributed by atoms with Crippen molar-refractivity contribution in [3.8, 4) is 11.3 Å². The number of nitrogens with two attached hydrogens (primary N) is 2. The molecule has 35 heavy (non-hydrogen) atoms. The number of fused-ring (bicyclic) bond motifs is 1. The molecule has 0 spiro atoms. The van der Waals surface area contributed by atoms with E-state index in [0.717, 1.165) is 23.7 Å². The highest BCUT2D eigenvalue weighted by molar-refractivity contribution is 6.10. The highest BCUT2D eigenvalue weighted by atomic mass is 19.3. The van der Waals surface area contributed by atoms with Crippen LogP contribution in [0.4, 0.5) is 19.3 Å². The van der Waals surface area contributed by atoms with Crippen molar-refractivity contribution in [2.45, 2.75) is 32.2 Å². The van der Waals surface area contributed by atoms with Gasteiger partial charge in [-0.1, -0.05) is 12.1 Å². The van der Waals surface area contributed by atoms with E-state index in [-0.39, 0.29) is 0 Å². The fourth-order valence-corrected chi connectivity index (χ4v) is 3.05. The first-order valence-electron chi connectivity index (χ1n) is 10.7. The molecule has 1 aromatic carbocycles. The molecule has 0 atom stereocenters. The minimum Gasteiger partial charge on any atom is -0.404 e. The molecule has 11 heteroatoms. The van der Waals surface area contributed by atoms with Crippen molar-refractivity contribution in [2.75, 3.05) is 11.9 Å². The van der Waals surface area contributed by atoms with Gasteiger partial charge >= 0.3 is 6.03 Å². The zero-order chi connectivity index (χ0) is 25.8.